The van der Waals surface area contributed by atoms with E-state index in [1.807, 2.05) is 18.2 Å². The standard InChI is InChI=1S/C13H17N3S/c1-9(6-10-4-5-17-8-10)16-11-2-3-12(14)13(15)7-11/h2-5,7-9,16H,6,14-15H2,1H3. The van der Waals surface area contributed by atoms with Gasteiger partial charge in [0.2, 0.25) is 0 Å². The van der Waals surface area contributed by atoms with Crippen LogP contribution in [0, 0.1) is 0 Å². The normalized spacial score (nSPS) is 12.3. The van der Waals surface area contributed by atoms with Gasteiger partial charge in [0.05, 0.1) is 11.4 Å². The second-order valence-corrected chi connectivity index (χ2v) is 5.00. The van der Waals surface area contributed by atoms with Crippen LogP contribution in [0.4, 0.5) is 17.1 Å². The molecule has 0 bridgehead atoms. The van der Waals surface area contributed by atoms with Crippen molar-refractivity contribution in [2.45, 2.75) is 19.4 Å². The highest BCUT2D eigenvalue weighted by Gasteiger charge is 2.05. The molecule has 0 spiro atoms. The number of nitrogen functional groups attached to an aromatic ring is 2. The minimum atomic E-state index is 0.368. The van der Waals surface area contributed by atoms with Crippen LogP contribution in [-0.4, -0.2) is 6.04 Å². The van der Waals surface area contributed by atoms with E-state index in [-0.39, 0.29) is 0 Å². The second kappa shape index (κ2) is 5.10. The molecule has 2 aromatic rings. The lowest BCUT2D eigenvalue weighted by Gasteiger charge is -2.15. The van der Waals surface area contributed by atoms with Gasteiger partial charge in [0.25, 0.3) is 0 Å². The summed E-state index contributed by atoms with van der Waals surface area (Å²) in [6, 6.07) is 8.18. The summed E-state index contributed by atoms with van der Waals surface area (Å²) in [5.41, 5.74) is 15.1. The Balaban J connectivity index is 1.98. The van der Waals surface area contributed by atoms with E-state index in [0.717, 1.165) is 12.1 Å². The molecule has 0 saturated heterocycles. The summed E-state index contributed by atoms with van der Waals surface area (Å²) in [6.07, 6.45) is 1.01. The molecule has 0 fully saturated rings. The minimum absolute atomic E-state index is 0.368. The molecule has 0 aliphatic rings. The molecule has 4 heteroatoms. The number of hydrogen-bond acceptors (Lipinski definition) is 4. The SMILES string of the molecule is CC(Cc1ccsc1)Nc1ccc(N)c(N)c1. The third kappa shape index (κ3) is 3.14. The number of anilines is 3. The van der Waals surface area contributed by atoms with Gasteiger partial charge in [-0.25, -0.2) is 0 Å². The fraction of sp³-hybridized carbons (Fsp3) is 0.231. The van der Waals surface area contributed by atoms with E-state index in [1.54, 1.807) is 11.3 Å². The number of rotatable bonds is 4. The molecule has 0 saturated carbocycles. The van der Waals surface area contributed by atoms with E-state index in [9.17, 15) is 0 Å². The van der Waals surface area contributed by atoms with Gasteiger partial charge in [-0.05, 0) is 53.9 Å². The van der Waals surface area contributed by atoms with Gasteiger partial charge in [0, 0.05) is 11.7 Å². The van der Waals surface area contributed by atoms with Crippen LogP contribution in [0.3, 0.4) is 0 Å². The van der Waals surface area contributed by atoms with Crippen LogP contribution >= 0.6 is 11.3 Å². The first kappa shape index (κ1) is 11.8. The van der Waals surface area contributed by atoms with E-state index >= 15 is 0 Å². The van der Waals surface area contributed by atoms with E-state index in [1.165, 1.54) is 5.56 Å². The van der Waals surface area contributed by atoms with Crippen LogP contribution in [0.2, 0.25) is 0 Å². The van der Waals surface area contributed by atoms with Gasteiger partial charge in [-0.3, -0.25) is 0 Å². The third-order valence-corrected chi connectivity index (χ3v) is 3.35. The van der Waals surface area contributed by atoms with Crippen LogP contribution in [-0.2, 0) is 6.42 Å². The molecule has 1 atom stereocenters. The molecule has 0 aliphatic carbocycles. The molecular weight excluding hydrogens is 230 g/mol. The zero-order valence-corrected chi connectivity index (χ0v) is 10.6. The highest BCUT2D eigenvalue weighted by atomic mass is 32.1. The zero-order chi connectivity index (χ0) is 12.3. The summed E-state index contributed by atoms with van der Waals surface area (Å²) in [4.78, 5) is 0. The van der Waals surface area contributed by atoms with Crippen molar-refractivity contribution in [1.82, 2.24) is 0 Å². The average Bonchev–Trinajstić information content (AvgIpc) is 2.76. The molecule has 0 radical (unpaired) electrons. The van der Waals surface area contributed by atoms with Crippen molar-refractivity contribution < 1.29 is 0 Å². The lowest BCUT2D eigenvalue weighted by atomic mass is 10.1. The largest absolute Gasteiger partial charge is 0.397 e. The van der Waals surface area contributed by atoms with Crippen molar-refractivity contribution in [2.75, 3.05) is 16.8 Å². The molecule has 3 nitrogen and oxygen atoms in total. The predicted molar refractivity (Wildman–Crippen MR) is 76.4 cm³/mol. The molecule has 1 aromatic heterocycles. The predicted octanol–water partition coefficient (Wildman–Crippen LogP) is 2.96. The molecule has 5 N–H and O–H groups in total. The van der Waals surface area contributed by atoms with Gasteiger partial charge in [-0.2, -0.15) is 11.3 Å². The van der Waals surface area contributed by atoms with Gasteiger partial charge in [-0.15, -0.1) is 0 Å². The summed E-state index contributed by atoms with van der Waals surface area (Å²) in [5.74, 6) is 0. The lowest BCUT2D eigenvalue weighted by Crippen LogP contribution is -2.17. The van der Waals surface area contributed by atoms with Gasteiger partial charge in [0.15, 0.2) is 0 Å². The molecule has 1 heterocycles. The summed E-state index contributed by atoms with van der Waals surface area (Å²) in [7, 11) is 0. The van der Waals surface area contributed by atoms with Crippen molar-refractivity contribution in [3.8, 4) is 0 Å². The van der Waals surface area contributed by atoms with Crippen LogP contribution < -0.4 is 16.8 Å². The lowest BCUT2D eigenvalue weighted by molar-refractivity contribution is 0.793. The molecule has 1 unspecified atom stereocenters. The van der Waals surface area contributed by atoms with Crippen molar-refractivity contribution in [2.24, 2.45) is 0 Å². The third-order valence-electron chi connectivity index (χ3n) is 2.62. The van der Waals surface area contributed by atoms with Crippen molar-refractivity contribution in [3.63, 3.8) is 0 Å². The number of hydrogen-bond donors (Lipinski definition) is 3. The van der Waals surface area contributed by atoms with E-state index in [0.29, 0.717) is 17.4 Å². The first-order valence-electron chi connectivity index (χ1n) is 5.58. The van der Waals surface area contributed by atoms with E-state index < -0.39 is 0 Å². The van der Waals surface area contributed by atoms with Crippen LogP contribution in [0.25, 0.3) is 0 Å². The smallest absolute Gasteiger partial charge is 0.0568 e. The Morgan fingerprint density at radius 2 is 2.06 bits per heavy atom. The molecule has 1 aromatic carbocycles. The highest BCUT2D eigenvalue weighted by molar-refractivity contribution is 7.07. The number of nitrogens with one attached hydrogen (secondary N) is 1. The Hall–Kier alpha value is -1.68. The fourth-order valence-corrected chi connectivity index (χ4v) is 2.44. The Kier molecular flexibility index (Phi) is 3.54. The molecule has 0 amide bonds. The summed E-state index contributed by atoms with van der Waals surface area (Å²) < 4.78 is 0. The van der Waals surface area contributed by atoms with Gasteiger partial charge < -0.3 is 16.8 Å². The van der Waals surface area contributed by atoms with Crippen LogP contribution in [0.15, 0.2) is 35.0 Å². The monoisotopic (exact) mass is 247 g/mol. The Morgan fingerprint density at radius 1 is 1.24 bits per heavy atom. The molecule has 90 valence electrons. The quantitative estimate of drug-likeness (QED) is 0.728. The fourth-order valence-electron chi connectivity index (χ4n) is 1.76. The molecule has 0 aliphatic heterocycles. The van der Waals surface area contributed by atoms with Crippen LogP contribution in [0.5, 0.6) is 0 Å². The number of thiophene rings is 1. The Morgan fingerprint density at radius 3 is 2.71 bits per heavy atom. The van der Waals surface area contributed by atoms with Crippen molar-refractivity contribution >= 4 is 28.4 Å². The van der Waals surface area contributed by atoms with Gasteiger partial charge in [0.1, 0.15) is 0 Å². The highest BCUT2D eigenvalue weighted by Crippen LogP contribution is 2.20. The van der Waals surface area contributed by atoms with Crippen LogP contribution in [0.1, 0.15) is 12.5 Å². The maximum absolute atomic E-state index is 5.77. The molecule has 2 rings (SSSR count). The van der Waals surface area contributed by atoms with Gasteiger partial charge >= 0.3 is 0 Å². The minimum Gasteiger partial charge on any atom is -0.397 e. The van der Waals surface area contributed by atoms with Crippen molar-refractivity contribution in [3.05, 3.63) is 40.6 Å². The van der Waals surface area contributed by atoms with E-state index in [4.69, 9.17) is 11.5 Å². The Labute approximate surface area is 105 Å². The average molecular weight is 247 g/mol. The number of benzene rings is 1. The molecule has 17 heavy (non-hydrogen) atoms. The first-order valence-corrected chi connectivity index (χ1v) is 6.52. The number of nitrogens with two attached hydrogens (primary N) is 2. The summed E-state index contributed by atoms with van der Waals surface area (Å²) in [6.45, 7) is 2.16. The van der Waals surface area contributed by atoms with Gasteiger partial charge in [-0.1, -0.05) is 0 Å². The zero-order valence-electron chi connectivity index (χ0n) is 9.81. The maximum atomic E-state index is 5.77. The molecular formula is C13H17N3S. The maximum Gasteiger partial charge on any atom is 0.0568 e. The second-order valence-electron chi connectivity index (χ2n) is 4.22. The summed E-state index contributed by atoms with van der Waals surface area (Å²) in [5, 5.41) is 7.69. The van der Waals surface area contributed by atoms with E-state index in [2.05, 4.69) is 29.1 Å². The van der Waals surface area contributed by atoms with Crippen molar-refractivity contribution in [1.29, 1.82) is 0 Å². The topological polar surface area (TPSA) is 64.1 Å². The Bertz CT molecular complexity index is 479. The first-order chi connectivity index (χ1) is 8.15. The summed E-state index contributed by atoms with van der Waals surface area (Å²) >= 11 is 1.73.